The quantitative estimate of drug-likeness (QED) is 0.769. The highest BCUT2D eigenvalue weighted by Crippen LogP contribution is 2.32. The van der Waals surface area contributed by atoms with Gasteiger partial charge in [0.25, 0.3) is 5.91 Å². The second-order valence-electron chi connectivity index (χ2n) is 4.16. The van der Waals surface area contributed by atoms with Gasteiger partial charge >= 0.3 is 0 Å². The first-order chi connectivity index (χ1) is 7.76. The summed E-state index contributed by atoms with van der Waals surface area (Å²) in [7, 11) is 0. The molecule has 0 saturated carbocycles. The van der Waals surface area contributed by atoms with Crippen LogP contribution in [0.4, 0.5) is 5.69 Å². The molecule has 0 radical (unpaired) electrons. The molecule has 1 amide bonds. The summed E-state index contributed by atoms with van der Waals surface area (Å²) in [5.41, 5.74) is 2.81. The third kappa shape index (κ3) is 1.87. The van der Waals surface area contributed by atoms with Crippen molar-refractivity contribution in [2.75, 3.05) is 5.32 Å². The van der Waals surface area contributed by atoms with Crippen molar-refractivity contribution in [1.82, 2.24) is 0 Å². The first-order valence-corrected chi connectivity index (χ1v) is 5.88. The highest BCUT2D eigenvalue weighted by atomic mass is 16.2. The molecule has 0 aromatic heterocycles. The van der Waals surface area contributed by atoms with Gasteiger partial charge in [-0.2, -0.15) is 0 Å². The van der Waals surface area contributed by atoms with Crippen LogP contribution in [0.15, 0.2) is 30.3 Å². The predicted octanol–water partition coefficient (Wildman–Crippen LogP) is 3.46. The third-order valence-corrected chi connectivity index (χ3v) is 3.16. The molecule has 0 aliphatic carbocycles. The monoisotopic (exact) mass is 215 g/mol. The Morgan fingerprint density at radius 3 is 2.62 bits per heavy atom. The summed E-state index contributed by atoms with van der Waals surface area (Å²) in [5, 5.41) is 2.89. The van der Waals surface area contributed by atoms with Gasteiger partial charge in [0.2, 0.25) is 0 Å². The van der Waals surface area contributed by atoms with Crippen LogP contribution < -0.4 is 5.32 Å². The molecule has 1 aromatic carbocycles. The van der Waals surface area contributed by atoms with Crippen LogP contribution in [0.1, 0.15) is 32.3 Å². The molecule has 0 bridgehead atoms. The van der Waals surface area contributed by atoms with Crippen LogP contribution >= 0.6 is 0 Å². The van der Waals surface area contributed by atoms with Crippen molar-refractivity contribution in [2.24, 2.45) is 5.92 Å². The zero-order chi connectivity index (χ0) is 11.5. The number of benzene rings is 1. The van der Waals surface area contributed by atoms with E-state index in [9.17, 15) is 4.79 Å². The summed E-state index contributed by atoms with van der Waals surface area (Å²) in [4.78, 5) is 11.8. The zero-order valence-electron chi connectivity index (χ0n) is 9.79. The van der Waals surface area contributed by atoms with Crippen molar-refractivity contribution < 1.29 is 4.79 Å². The lowest BCUT2D eigenvalue weighted by Crippen LogP contribution is -2.05. The predicted molar refractivity (Wildman–Crippen MR) is 67.1 cm³/mol. The minimum absolute atomic E-state index is 0.0353. The molecule has 1 aliphatic heterocycles. The molecule has 2 nitrogen and oxygen atoms in total. The molecule has 2 heteroatoms. The van der Waals surface area contributed by atoms with Gasteiger partial charge in [0, 0.05) is 16.8 Å². The fourth-order valence-electron chi connectivity index (χ4n) is 2.06. The minimum atomic E-state index is 0.0353. The Kier molecular flexibility index (Phi) is 3.09. The number of carbonyl (C=O) groups is 1. The van der Waals surface area contributed by atoms with E-state index in [-0.39, 0.29) is 5.91 Å². The Bertz CT molecular complexity index is 430. The van der Waals surface area contributed by atoms with Gasteiger partial charge in [-0.15, -0.1) is 0 Å². The van der Waals surface area contributed by atoms with Crippen LogP contribution in [0.5, 0.6) is 0 Å². The van der Waals surface area contributed by atoms with Gasteiger partial charge in [-0.3, -0.25) is 4.79 Å². The zero-order valence-corrected chi connectivity index (χ0v) is 9.79. The molecule has 1 N–H and O–H groups in total. The Morgan fingerprint density at radius 2 is 1.94 bits per heavy atom. The van der Waals surface area contributed by atoms with Crippen molar-refractivity contribution in [3.05, 3.63) is 35.9 Å². The number of fused-ring (bicyclic) bond motifs is 1. The van der Waals surface area contributed by atoms with Gasteiger partial charge in [-0.05, 0) is 24.8 Å². The number of rotatable bonds is 3. The lowest BCUT2D eigenvalue weighted by atomic mass is 9.97. The summed E-state index contributed by atoms with van der Waals surface area (Å²) in [6, 6.07) is 7.86. The van der Waals surface area contributed by atoms with Crippen LogP contribution in [0, 0.1) is 5.92 Å². The van der Waals surface area contributed by atoms with Crippen LogP contribution in [0.2, 0.25) is 0 Å². The number of nitrogens with one attached hydrogen (secondary N) is 1. The summed E-state index contributed by atoms with van der Waals surface area (Å²) in [5.74, 6) is 0.528. The van der Waals surface area contributed by atoms with Crippen LogP contribution in [0.3, 0.4) is 0 Å². The average molecular weight is 215 g/mol. The first kappa shape index (κ1) is 10.9. The molecule has 16 heavy (non-hydrogen) atoms. The fraction of sp³-hybridized carbons (Fsp3) is 0.357. The van der Waals surface area contributed by atoms with Crippen molar-refractivity contribution in [1.29, 1.82) is 0 Å². The first-order valence-electron chi connectivity index (χ1n) is 5.88. The second-order valence-corrected chi connectivity index (χ2v) is 4.16. The van der Waals surface area contributed by atoms with E-state index in [4.69, 9.17) is 0 Å². The summed E-state index contributed by atoms with van der Waals surface area (Å²) < 4.78 is 0. The van der Waals surface area contributed by atoms with Gasteiger partial charge in [0.1, 0.15) is 0 Å². The Labute approximate surface area is 96.4 Å². The lowest BCUT2D eigenvalue weighted by molar-refractivity contribution is -0.110. The standard InChI is InChI=1S/C14H17NO/c1-3-10(4-2)9-12-11-7-5-6-8-13(11)15-14(12)16/h5-10H,3-4H2,1-2H3,(H,15,16)/b12-9+. The van der Waals surface area contributed by atoms with E-state index in [0.717, 1.165) is 29.7 Å². The fourth-order valence-corrected chi connectivity index (χ4v) is 2.06. The van der Waals surface area contributed by atoms with Crippen molar-refractivity contribution >= 4 is 17.2 Å². The molecule has 1 heterocycles. The molecule has 1 aromatic rings. The SMILES string of the molecule is CCC(/C=C1/C(=O)Nc2ccccc21)CC. The van der Waals surface area contributed by atoms with Gasteiger partial charge in [0.15, 0.2) is 0 Å². The highest BCUT2D eigenvalue weighted by molar-refractivity contribution is 6.31. The topological polar surface area (TPSA) is 29.1 Å². The number of hydrogen-bond donors (Lipinski definition) is 1. The number of hydrogen-bond acceptors (Lipinski definition) is 1. The molecule has 0 fully saturated rings. The molecule has 0 saturated heterocycles. The number of anilines is 1. The summed E-state index contributed by atoms with van der Waals surface area (Å²) in [6.45, 7) is 4.31. The molecular weight excluding hydrogens is 198 g/mol. The Hall–Kier alpha value is -1.57. The maximum Gasteiger partial charge on any atom is 0.256 e. The van der Waals surface area contributed by atoms with E-state index in [2.05, 4.69) is 25.2 Å². The molecular formula is C14H17NO. The van der Waals surface area contributed by atoms with E-state index in [1.54, 1.807) is 0 Å². The minimum Gasteiger partial charge on any atom is -0.321 e. The Morgan fingerprint density at radius 1 is 1.25 bits per heavy atom. The lowest BCUT2D eigenvalue weighted by Gasteiger charge is -2.07. The summed E-state index contributed by atoms with van der Waals surface area (Å²) in [6.07, 6.45) is 4.27. The van der Waals surface area contributed by atoms with E-state index in [0.29, 0.717) is 5.92 Å². The largest absolute Gasteiger partial charge is 0.321 e. The smallest absolute Gasteiger partial charge is 0.256 e. The van der Waals surface area contributed by atoms with E-state index >= 15 is 0 Å². The summed E-state index contributed by atoms with van der Waals surface area (Å²) >= 11 is 0. The second kappa shape index (κ2) is 4.52. The van der Waals surface area contributed by atoms with Crippen LogP contribution in [-0.2, 0) is 4.79 Å². The van der Waals surface area contributed by atoms with Crippen LogP contribution in [-0.4, -0.2) is 5.91 Å². The maximum atomic E-state index is 11.8. The number of allylic oxidation sites excluding steroid dienone is 1. The molecule has 1 aliphatic rings. The van der Waals surface area contributed by atoms with E-state index in [1.807, 2.05) is 24.3 Å². The third-order valence-electron chi connectivity index (χ3n) is 3.16. The number of amides is 1. The van der Waals surface area contributed by atoms with Gasteiger partial charge < -0.3 is 5.32 Å². The molecule has 84 valence electrons. The van der Waals surface area contributed by atoms with Gasteiger partial charge in [0.05, 0.1) is 0 Å². The number of para-hydroxylation sites is 1. The van der Waals surface area contributed by atoms with Crippen molar-refractivity contribution in [3.8, 4) is 0 Å². The van der Waals surface area contributed by atoms with Crippen molar-refractivity contribution in [2.45, 2.75) is 26.7 Å². The number of carbonyl (C=O) groups excluding carboxylic acids is 1. The normalized spacial score (nSPS) is 16.7. The molecule has 2 rings (SSSR count). The molecule has 0 unspecified atom stereocenters. The molecule has 0 atom stereocenters. The van der Waals surface area contributed by atoms with Crippen LogP contribution in [0.25, 0.3) is 5.57 Å². The van der Waals surface area contributed by atoms with E-state index < -0.39 is 0 Å². The molecule has 0 spiro atoms. The average Bonchev–Trinajstić information content (AvgIpc) is 2.62. The van der Waals surface area contributed by atoms with Crippen molar-refractivity contribution in [3.63, 3.8) is 0 Å². The van der Waals surface area contributed by atoms with E-state index in [1.165, 1.54) is 0 Å². The maximum absolute atomic E-state index is 11.8. The highest BCUT2D eigenvalue weighted by Gasteiger charge is 2.23. The Balaban J connectivity index is 2.38. The van der Waals surface area contributed by atoms with Gasteiger partial charge in [-0.25, -0.2) is 0 Å². The van der Waals surface area contributed by atoms with Gasteiger partial charge in [-0.1, -0.05) is 38.1 Å².